The fourth-order valence-corrected chi connectivity index (χ4v) is 3.70. The average Bonchev–Trinajstić information content (AvgIpc) is 2.05. The molecule has 0 spiro atoms. The molecule has 0 heterocycles. The zero-order valence-corrected chi connectivity index (χ0v) is 9.84. The quantitative estimate of drug-likeness (QED) is 0.678. The van der Waals surface area contributed by atoms with Gasteiger partial charge < -0.3 is 0 Å². The summed E-state index contributed by atoms with van der Waals surface area (Å²) in [5, 5.41) is 1.34. The molecule has 0 saturated carbocycles. The molecule has 1 aromatic carbocycles. The molecular weight excluding hydrogens is 179 g/mol. The molecule has 0 aliphatic carbocycles. The molecule has 0 fully saturated rings. The Balaban J connectivity index is 3.05. The van der Waals surface area contributed by atoms with E-state index in [4.69, 9.17) is 4.52 Å². The Morgan fingerprint density at radius 1 is 1.08 bits per heavy atom. The van der Waals surface area contributed by atoms with E-state index in [1.54, 1.807) is 0 Å². The molecule has 0 aliphatic heterocycles. The van der Waals surface area contributed by atoms with Gasteiger partial charge in [0, 0.05) is 0 Å². The summed E-state index contributed by atoms with van der Waals surface area (Å²) in [5.41, 5.74) is 0. The van der Waals surface area contributed by atoms with Crippen molar-refractivity contribution in [1.82, 2.24) is 0 Å². The van der Waals surface area contributed by atoms with Crippen molar-refractivity contribution in [3.05, 3.63) is 30.3 Å². The Kier molecular flexibility index (Phi) is 2.79. The Bertz CT molecular complexity index is 271. The molecule has 0 amide bonds. The fourth-order valence-electron chi connectivity index (χ4n) is 1.46. The van der Waals surface area contributed by atoms with Gasteiger partial charge in [0.1, 0.15) is 0 Å². The number of hydrogen-bond acceptors (Lipinski definition) is 1. The molecule has 2 heteroatoms. The third-order valence-electron chi connectivity index (χ3n) is 2.22. The third kappa shape index (κ3) is 2.52. The molecule has 0 unspecified atom stereocenters. The van der Waals surface area contributed by atoms with Crippen LogP contribution < -0.4 is 5.30 Å². The van der Waals surface area contributed by atoms with Gasteiger partial charge >= 0.3 is 80.5 Å². The van der Waals surface area contributed by atoms with E-state index in [0.29, 0.717) is 0 Å². The van der Waals surface area contributed by atoms with E-state index < -0.39 is 6.83 Å². The van der Waals surface area contributed by atoms with Crippen molar-refractivity contribution in [2.75, 3.05) is 26.6 Å². The van der Waals surface area contributed by atoms with Crippen molar-refractivity contribution in [1.29, 1.82) is 0 Å². The first-order chi connectivity index (χ1) is 5.94. The summed E-state index contributed by atoms with van der Waals surface area (Å²) >= 11 is 0. The van der Waals surface area contributed by atoms with Gasteiger partial charge in [-0.05, 0) is 0 Å². The fraction of sp³-hybridized carbons (Fsp3) is 0.455. The predicted molar refractivity (Wildman–Crippen MR) is 62.4 cm³/mol. The van der Waals surface area contributed by atoms with Gasteiger partial charge in [0.05, 0.1) is 0 Å². The SMILES string of the molecule is CCOP(C)(C)(C)c1ccccc1. The molecule has 1 nitrogen and oxygen atoms in total. The summed E-state index contributed by atoms with van der Waals surface area (Å²) in [5.74, 6) is 0. The molecule has 0 atom stereocenters. The van der Waals surface area contributed by atoms with Gasteiger partial charge in [-0.25, -0.2) is 0 Å². The summed E-state index contributed by atoms with van der Waals surface area (Å²) in [6.45, 7) is 7.52. The van der Waals surface area contributed by atoms with Crippen molar-refractivity contribution >= 4 is 12.1 Å². The van der Waals surface area contributed by atoms with Gasteiger partial charge in [0.2, 0.25) is 0 Å². The van der Waals surface area contributed by atoms with Crippen molar-refractivity contribution < 1.29 is 4.52 Å². The van der Waals surface area contributed by atoms with Crippen molar-refractivity contribution in [2.45, 2.75) is 6.92 Å². The second-order valence-corrected chi connectivity index (χ2v) is 10.5. The average molecular weight is 198 g/mol. The van der Waals surface area contributed by atoms with Gasteiger partial charge in [-0.1, -0.05) is 0 Å². The Morgan fingerprint density at radius 3 is 2.08 bits per heavy atom. The van der Waals surface area contributed by atoms with Crippen LogP contribution in [0.25, 0.3) is 0 Å². The second-order valence-electron chi connectivity index (χ2n) is 4.40. The number of hydrogen-bond donors (Lipinski definition) is 0. The summed E-state index contributed by atoms with van der Waals surface area (Å²) in [6.07, 6.45) is 0. The molecule has 0 saturated heterocycles. The minimum absolute atomic E-state index is 0.788. The zero-order valence-electron chi connectivity index (χ0n) is 8.95. The monoisotopic (exact) mass is 198 g/mol. The molecule has 13 heavy (non-hydrogen) atoms. The van der Waals surface area contributed by atoms with Crippen LogP contribution in [-0.2, 0) is 4.52 Å². The predicted octanol–water partition coefficient (Wildman–Crippen LogP) is 2.71. The van der Waals surface area contributed by atoms with Crippen molar-refractivity contribution in [3.8, 4) is 0 Å². The Morgan fingerprint density at radius 2 is 1.62 bits per heavy atom. The first kappa shape index (κ1) is 10.7. The first-order valence-corrected chi connectivity index (χ1v) is 8.15. The van der Waals surface area contributed by atoms with E-state index in [-0.39, 0.29) is 0 Å². The molecule has 0 N–H and O–H groups in total. The van der Waals surface area contributed by atoms with E-state index >= 15 is 0 Å². The van der Waals surface area contributed by atoms with Crippen LogP contribution in [0.2, 0.25) is 0 Å². The molecule has 0 aromatic heterocycles. The van der Waals surface area contributed by atoms with Crippen LogP contribution in [0.4, 0.5) is 0 Å². The molecule has 74 valence electrons. The van der Waals surface area contributed by atoms with Gasteiger partial charge in [-0.2, -0.15) is 0 Å². The molecule has 0 aliphatic rings. The molecule has 1 aromatic rings. The van der Waals surface area contributed by atoms with E-state index in [0.717, 1.165) is 6.61 Å². The Labute approximate surface area is 81.1 Å². The summed E-state index contributed by atoms with van der Waals surface area (Å²) < 4.78 is 5.93. The number of rotatable bonds is 3. The van der Waals surface area contributed by atoms with Gasteiger partial charge in [-0.15, -0.1) is 0 Å². The van der Waals surface area contributed by atoms with E-state index in [1.165, 1.54) is 5.30 Å². The minimum atomic E-state index is -2.05. The van der Waals surface area contributed by atoms with Crippen LogP contribution in [0.1, 0.15) is 6.92 Å². The van der Waals surface area contributed by atoms with Crippen LogP contribution in [0.3, 0.4) is 0 Å². The normalized spacial score (nSPS) is 14.9. The molecule has 1 rings (SSSR count). The topological polar surface area (TPSA) is 9.23 Å². The van der Waals surface area contributed by atoms with Crippen LogP contribution in [0.5, 0.6) is 0 Å². The summed E-state index contributed by atoms with van der Waals surface area (Å²) in [7, 11) is 0. The molecular formula is C11H19OP. The zero-order chi connectivity index (χ0) is 9.97. The second kappa shape index (κ2) is 3.40. The van der Waals surface area contributed by atoms with Gasteiger partial charge in [0.15, 0.2) is 0 Å². The summed E-state index contributed by atoms with van der Waals surface area (Å²) in [4.78, 5) is 0. The summed E-state index contributed by atoms with van der Waals surface area (Å²) in [6, 6.07) is 10.5. The first-order valence-electron chi connectivity index (χ1n) is 4.65. The van der Waals surface area contributed by atoms with Crippen molar-refractivity contribution in [2.24, 2.45) is 0 Å². The maximum absolute atomic E-state index is 5.93. The van der Waals surface area contributed by atoms with Crippen LogP contribution >= 0.6 is 6.83 Å². The van der Waals surface area contributed by atoms with Crippen LogP contribution in [0, 0.1) is 0 Å². The van der Waals surface area contributed by atoms with Gasteiger partial charge in [-0.3, -0.25) is 0 Å². The van der Waals surface area contributed by atoms with E-state index in [1.807, 2.05) is 6.07 Å². The van der Waals surface area contributed by atoms with E-state index in [2.05, 4.69) is 51.2 Å². The maximum atomic E-state index is 5.93. The standard InChI is InChI=1S/C11H19OP/c1-5-12-13(2,3,4)11-9-7-6-8-10-11/h6-10H,5H2,1-4H3. The van der Waals surface area contributed by atoms with Crippen LogP contribution in [0.15, 0.2) is 30.3 Å². The van der Waals surface area contributed by atoms with Gasteiger partial charge in [0.25, 0.3) is 0 Å². The Hall–Kier alpha value is -0.390. The number of benzene rings is 1. The van der Waals surface area contributed by atoms with Crippen LogP contribution in [-0.4, -0.2) is 26.6 Å². The van der Waals surface area contributed by atoms with E-state index in [9.17, 15) is 0 Å². The third-order valence-corrected chi connectivity index (χ3v) is 5.44. The molecule has 0 bridgehead atoms. The molecule has 0 radical (unpaired) electrons. The van der Waals surface area contributed by atoms with Crippen molar-refractivity contribution in [3.63, 3.8) is 0 Å².